The van der Waals surface area contributed by atoms with Crippen LogP contribution in [0.2, 0.25) is 0 Å². The van der Waals surface area contributed by atoms with Gasteiger partial charge < -0.3 is 13.9 Å². The van der Waals surface area contributed by atoms with Crippen LogP contribution >= 0.6 is 61.2 Å². The number of carbonyl (C=O) groups excluding carboxylic acids is 4. The number of rotatable bonds is 1. The Hall–Kier alpha value is -1.55. The highest BCUT2D eigenvalue weighted by Crippen LogP contribution is 2.71. The summed E-state index contributed by atoms with van der Waals surface area (Å²) in [5.74, 6) is 4.52. The maximum atomic E-state index is 12.5. The van der Waals surface area contributed by atoms with E-state index >= 15 is 0 Å². The van der Waals surface area contributed by atoms with Gasteiger partial charge in [-0.15, -0.1) is 24.0 Å². The largest absolute Gasteiger partial charge is 0.465 e. The molecule has 62 heavy (non-hydrogen) atoms. The van der Waals surface area contributed by atoms with E-state index < -0.39 is 0 Å². The van der Waals surface area contributed by atoms with Gasteiger partial charge in [0.05, 0.1) is 0 Å². The van der Waals surface area contributed by atoms with Gasteiger partial charge >= 0.3 is 11.9 Å². The Morgan fingerprint density at radius 3 is 1.82 bits per heavy atom. The first-order valence-electron chi connectivity index (χ1n) is 23.1. The maximum Gasteiger partial charge on any atom is 0.306 e. The number of halogens is 3. The van der Waals surface area contributed by atoms with Crippen LogP contribution in [0, 0.1) is 45.3 Å². The van der Waals surface area contributed by atoms with Crippen LogP contribution in [0.3, 0.4) is 0 Å². The van der Waals surface area contributed by atoms with E-state index in [1.165, 1.54) is 22.3 Å². The Morgan fingerprint density at radius 2 is 1.24 bits per heavy atom. The van der Waals surface area contributed by atoms with Crippen molar-refractivity contribution in [1.29, 1.82) is 0 Å². The molecule has 2 spiro atoms. The second-order valence-corrected chi connectivity index (χ2v) is 22.3. The molecule has 1 aromatic rings. The van der Waals surface area contributed by atoms with E-state index in [4.69, 9.17) is 13.9 Å². The minimum Gasteiger partial charge on any atom is -0.465 e. The lowest BCUT2D eigenvalue weighted by atomic mass is 9.48. The highest BCUT2D eigenvalue weighted by Gasteiger charge is 2.68. The Morgan fingerprint density at radius 1 is 0.677 bits per heavy atom. The van der Waals surface area contributed by atoms with Crippen LogP contribution in [0.5, 0.6) is 0 Å². The van der Waals surface area contributed by atoms with Crippen molar-refractivity contribution >= 4 is 84.7 Å². The van der Waals surface area contributed by atoms with Crippen LogP contribution in [0.1, 0.15) is 162 Å². The fourth-order valence-electron chi connectivity index (χ4n) is 15.0. The molecule has 11 rings (SSSR count). The third-order valence-electron chi connectivity index (χ3n) is 18.7. The highest BCUT2D eigenvalue weighted by atomic mass is 128. The summed E-state index contributed by atoms with van der Waals surface area (Å²) in [7, 11) is 0. The van der Waals surface area contributed by atoms with Gasteiger partial charge in [0, 0.05) is 102 Å². The van der Waals surface area contributed by atoms with Crippen molar-refractivity contribution in [3.05, 3.63) is 82.4 Å². The van der Waals surface area contributed by atoms with E-state index in [1.54, 1.807) is 0 Å². The maximum absolute atomic E-state index is 12.5. The third-order valence-corrected chi connectivity index (χ3v) is 18.7. The molecule has 0 bridgehead atoms. The van der Waals surface area contributed by atoms with Crippen LogP contribution in [-0.4, -0.2) is 34.7 Å². The normalized spacial score (nSPS) is 42.1. The SMILES string of the molecule is CC(C)(C)c1ccc([C@@H]2CC3=CC(=O)CC[C@]3(C)C3=CC[C@@]4(C)[C@@H](CC[C@@]45CCC(=O)O5)[C@@H]32)o1.C[C@]12CCC(=O)C=C1C=C[C@@H]1C2=CC[C@@]2(C)[C@H]1CC[C@@]21CCC(=O)O1.I.II. The summed E-state index contributed by atoms with van der Waals surface area (Å²) < 4.78 is 18.7. The van der Waals surface area contributed by atoms with Crippen molar-refractivity contribution in [3.63, 3.8) is 0 Å². The van der Waals surface area contributed by atoms with Crippen molar-refractivity contribution in [3.8, 4) is 0 Å². The first-order valence-corrected chi connectivity index (χ1v) is 29.4. The summed E-state index contributed by atoms with van der Waals surface area (Å²) in [4.78, 5) is 48.5. The molecule has 0 radical (unpaired) electrons. The monoisotopic (exact) mass is 1180 g/mol. The number of allylic oxidation sites excluding steroid dienone is 10. The average molecular weight is 1180 g/mol. The summed E-state index contributed by atoms with van der Waals surface area (Å²) in [6.45, 7) is 16.0. The molecule has 0 aromatic carbocycles. The van der Waals surface area contributed by atoms with Crippen LogP contribution in [0.15, 0.2) is 75.3 Å². The van der Waals surface area contributed by atoms with Gasteiger partial charge in [-0.1, -0.05) is 89.5 Å². The molecule has 7 nitrogen and oxygen atoms in total. The summed E-state index contributed by atoms with van der Waals surface area (Å²) in [5, 5.41) is 0. The molecule has 0 N–H and O–H groups in total. The molecule has 1 aromatic heterocycles. The zero-order valence-corrected chi connectivity index (χ0v) is 44.3. The van der Waals surface area contributed by atoms with Crippen LogP contribution in [-0.2, 0) is 34.1 Å². The molecule has 5 fully saturated rings. The number of ketones is 2. The first-order chi connectivity index (χ1) is 28.8. The molecule has 11 atom stereocenters. The van der Waals surface area contributed by atoms with Gasteiger partial charge in [0.25, 0.3) is 0 Å². The van der Waals surface area contributed by atoms with Crippen LogP contribution < -0.4 is 0 Å². The zero-order chi connectivity index (χ0) is 43.5. The van der Waals surface area contributed by atoms with Crippen molar-refractivity contribution in [2.24, 2.45) is 45.3 Å². The first kappa shape index (κ1) is 47.0. The van der Waals surface area contributed by atoms with E-state index in [2.05, 4.69) is 122 Å². The lowest BCUT2D eigenvalue weighted by Crippen LogP contribution is -2.52. The van der Waals surface area contributed by atoms with E-state index in [0.29, 0.717) is 49.4 Å². The molecule has 10 aliphatic rings. The summed E-state index contributed by atoms with van der Waals surface area (Å²) in [6, 6.07) is 4.33. The van der Waals surface area contributed by atoms with E-state index in [9.17, 15) is 19.2 Å². The molecular formula is C52H65I3O7. The molecule has 3 saturated carbocycles. The van der Waals surface area contributed by atoms with Crippen LogP contribution in [0.25, 0.3) is 0 Å². The molecular weight excluding hydrogens is 1120 g/mol. The Bertz CT molecular complexity index is 2220. The molecule has 2 saturated heterocycles. The van der Waals surface area contributed by atoms with Crippen molar-refractivity contribution in [2.75, 3.05) is 0 Å². The molecule has 8 aliphatic carbocycles. The molecule has 0 unspecified atom stereocenters. The summed E-state index contributed by atoms with van der Waals surface area (Å²) >= 11 is 4.24. The molecule has 3 heterocycles. The lowest BCUT2D eigenvalue weighted by molar-refractivity contribution is -0.161. The number of esters is 2. The number of furan rings is 1. The van der Waals surface area contributed by atoms with E-state index in [0.717, 1.165) is 82.1 Å². The van der Waals surface area contributed by atoms with Gasteiger partial charge in [-0.25, -0.2) is 0 Å². The predicted octanol–water partition coefficient (Wildman–Crippen LogP) is 13.5. The zero-order valence-electron chi connectivity index (χ0n) is 37.6. The van der Waals surface area contributed by atoms with Crippen molar-refractivity contribution in [2.45, 2.75) is 167 Å². The topological polar surface area (TPSA) is 99.9 Å². The molecule has 0 amide bonds. The van der Waals surface area contributed by atoms with Gasteiger partial charge in [0.2, 0.25) is 0 Å². The molecule has 2 aliphatic heterocycles. The standard InChI is InChI=1S/C30H38O4.C22H26O3.I2.HI/c1-27(2,3)24-7-6-23(33-24)20-17-18-16-19(31)8-12-28(18,4)21-9-13-29(5)22(26(20)21)10-14-30(29)15-11-25(32)34-30;1-20-9-5-15(23)13-14(20)3-4-16-17(20)6-10-21(2)18(16)7-11-22(21)12-8-19(24)25-22;1-2;/h6-7,9,16,20,22,26H,8,10-15,17H2,1-5H3;3-4,6,13,16,18H,5,7-12H2,1-2H3;;1H/t20-,22-,26+,28-,29-,30+;16-,18+,20+,21+,22-;;/m01../s1. The smallest absolute Gasteiger partial charge is 0.306 e. The predicted molar refractivity (Wildman–Crippen MR) is 268 cm³/mol. The molecule has 336 valence electrons. The summed E-state index contributed by atoms with van der Waals surface area (Å²) in [5.41, 5.74) is 4.85. The van der Waals surface area contributed by atoms with Gasteiger partial charge in [-0.05, 0) is 118 Å². The van der Waals surface area contributed by atoms with Gasteiger partial charge in [0.15, 0.2) is 11.6 Å². The Kier molecular flexibility index (Phi) is 12.4. The third kappa shape index (κ3) is 6.96. The minimum absolute atomic E-state index is 0. The number of hydrogen-bond acceptors (Lipinski definition) is 7. The van der Waals surface area contributed by atoms with Gasteiger partial charge in [0.1, 0.15) is 22.7 Å². The fraction of sp³-hybridized carbons (Fsp3) is 0.654. The fourth-order valence-corrected chi connectivity index (χ4v) is 15.0. The van der Waals surface area contributed by atoms with Crippen molar-refractivity contribution in [1.82, 2.24) is 0 Å². The Labute approximate surface area is 409 Å². The minimum atomic E-state index is -0.319. The number of hydrogen-bond donors (Lipinski definition) is 0. The Balaban J connectivity index is 0.000000168. The van der Waals surface area contributed by atoms with Crippen LogP contribution in [0.4, 0.5) is 0 Å². The second-order valence-electron chi connectivity index (χ2n) is 22.3. The van der Waals surface area contributed by atoms with E-state index in [-0.39, 0.29) is 91.7 Å². The second kappa shape index (κ2) is 16.4. The molecule has 10 heteroatoms. The average Bonchev–Trinajstić information content (AvgIpc) is 4.06. The van der Waals surface area contributed by atoms with E-state index in [1.807, 2.05) is 12.2 Å². The number of carbonyl (C=O) groups is 4. The summed E-state index contributed by atoms with van der Waals surface area (Å²) in [6.07, 6.45) is 26.2. The highest BCUT2D eigenvalue weighted by molar-refractivity contribution is 15.0. The number of ether oxygens (including phenoxy) is 2. The van der Waals surface area contributed by atoms with Gasteiger partial charge in [-0.2, -0.15) is 0 Å². The quantitative estimate of drug-likeness (QED) is 0.157. The lowest BCUT2D eigenvalue weighted by Gasteiger charge is -2.56. The van der Waals surface area contributed by atoms with Gasteiger partial charge in [-0.3, -0.25) is 19.2 Å². The number of fused-ring (bicyclic) bond motifs is 12. The van der Waals surface area contributed by atoms with Crippen molar-refractivity contribution < 1.29 is 33.1 Å².